The fraction of sp³-hybridized carbons (Fsp3) is 0.462. The van der Waals surface area contributed by atoms with Gasteiger partial charge in [-0.3, -0.25) is 0 Å². The van der Waals surface area contributed by atoms with Crippen molar-refractivity contribution in [3.63, 3.8) is 0 Å². The van der Waals surface area contributed by atoms with Gasteiger partial charge in [-0.15, -0.1) is 0 Å². The second kappa shape index (κ2) is 5.20. The molecule has 0 spiro atoms. The maximum Gasteiger partial charge on any atom is 0.235 e. The van der Waals surface area contributed by atoms with Gasteiger partial charge in [0.1, 0.15) is 16.3 Å². The van der Waals surface area contributed by atoms with Crippen molar-refractivity contribution < 1.29 is 27.1 Å². The molecule has 5 nitrogen and oxygen atoms in total. The highest BCUT2D eigenvalue weighted by molar-refractivity contribution is 7.90. The van der Waals surface area contributed by atoms with E-state index in [0.717, 1.165) is 6.07 Å². The summed E-state index contributed by atoms with van der Waals surface area (Å²) in [6.07, 6.45) is 3.99. The lowest BCUT2D eigenvalue weighted by atomic mass is 9.88. The van der Waals surface area contributed by atoms with Crippen LogP contribution in [-0.4, -0.2) is 25.9 Å². The van der Waals surface area contributed by atoms with Crippen LogP contribution < -0.4 is 0 Å². The summed E-state index contributed by atoms with van der Waals surface area (Å²) in [5, 5.41) is 9.92. The van der Waals surface area contributed by atoms with Gasteiger partial charge in [0.15, 0.2) is 21.4 Å². The molecule has 2 rings (SSSR count). The third-order valence-corrected chi connectivity index (χ3v) is 4.83. The molecule has 0 radical (unpaired) electrons. The number of hydrogen-bond acceptors (Lipinski definition) is 5. The van der Waals surface area contributed by atoms with E-state index >= 15 is 0 Å². The van der Waals surface area contributed by atoms with E-state index in [-0.39, 0.29) is 5.56 Å². The molecule has 0 unspecified atom stereocenters. The Morgan fingerprint density at radius 2 is 1.90 bits per heavy atom. The Bertz CT molecular complexity index is 733. The number of hydrogen-bond donors (Lipinski definition) is 1. The van der Waals surface area contributed by atoms with Gasteiger partial charge in [-0.1, -0.05) is 12.8 Å². The van der Waals surface area contributed by atoms with Gasteiger partial charge in [-0.05, 0) is 18.9 Å². The van der Waals surface area contributed by atoms with Gasteiger partial charge in [0.25, 0.3) is 0 Å². The van der Waals surface area contributed by atoms with Crippen molar-refractivity contribution >= 4 is 15.9 Å². The fourth-order valence-electron chi connectivity index (χ4n) is 2.77. The maximum atomic E-state index is 14.1. The van der Waals surface area contributed by atoms with Crippen molar-refractivity contribution in [3.05, 3.63) is 23.3 Å². The summed E-state index contributed by atoms with van der Waals surface area (Å²) in [7, 11) is -4.18. The Hall–Kier alpha value is -1.79. The number of nitrogens with zero attached hydrogens (tertiary/aromatic N) is 1. The molecule has 114 valence electrons. The number of benzene rings is 1. The first kappa shape index (κ1) is 15.6. The van der Waals surface area contributed by atoms with E-state index in [4.69, 9.17) is 0 Å². The molecule has 1 saturated carbocycles. The molecule has 0 bridgehead atoms. The molecule has 0 aliphatic heterocycles. The molecule has 1 aliphatic carbocycles. The van der Waals surface area contributed by atoms with Gasteiger partial charge >= 0.3 is 0 Å². The molecule has 0 atom stereocenters. The second-order valence-corrected chi connectivity index (χ2v) is 7.06. The van der Waals surface area contributed by atoms with Crippen molar-refractivity contribution in [2.45, 2.75) is 36.1 Å². The molecule has 8 heteroatoms. The smallest absolute Gasteiger partial charge is 0.235 e. The first-order valence-electron chi connectivity index (χ1n) is 6.23. The monoisotopic (exact) mass is 317 g/mol. The summed E-state index contributed by atoms with van der Waals surface area (Å²) in [6, 6.07) is 0.737. The van der Waals surface area contributed by atoms with Crippen LogP contribution >= 0.6 is 0 Å². The van der Waals surface area contributed by atoms with Crippen molar-refractivity contribution in [2.24, 2.45) is 4.99 Å². The number of halogens is 2. The zero-order valence-corrected chi connectivity index (χ0v) is 12.0. The lowest BCUT2D eigenvalue weighted by Gasteiger charge is -2.24. The number of carbonyl (C=O) groups excluding carboxylic acids is 1. The lowest BCUT2D eigenvalue weighted by Crippen LogP contribution is -2.21. The fourth-order valence-corrected chi connectivity index (χ4v) is 3.61. The summed E-state index contributed by atoms with van der Waals surface area (Å²) in [4.78, 5) is 13.0. The Labute approximate surface area is 120 Å². The Kier molecular flexibility index (Phi) is 3.86. The second-order valence-electron chi connectivity index (χ2n) is 5.11. The zero-order chi connectivity index (χ0) is 15.8. The molecular weight excluding hydrogens is 304 g/mol. The molecule has 21 heavy (non-hydrogen) atoms. The minimum atomic E-state index is -4.18. The molecule has 1 aliphatic rings. The van der Waals surface area contributed by atoms with Gasteiger partial charge in [0.05, 0.1) is 0 Å². The molecule has 1 N–H and O–H groups in total. The highest BCUT2D eigenvalue weighted by Crippen LogP contribution is 2.47. The third kappa shape index (κ3) is 2.56. The van der Waals surface area contributed by atoms with Crippen LogP contribution in [0, 0.1) is 11.6 Å². The van der Waals surface area contributed by atoms with Crippen molar-refractivity contribution in [1.82, 2.24) is 0 Å². The molecule has 1 aromatic rings. The van der Waals surface area contributed by atoms with Crippen LogP contribution in [0.25, 0.3) is 0 Å². The first-order chi connectivity index (χ1) is 9.73. The van der Waals surface area contributed by atoms with E-state index in [1.807, 2.05) is 0 Å². The van der Waals surface area contributed by atoms with Crippen LogP contribution in [0.4, 0.5) is 8.78 Å². The summed E-state index contributed by atoms with van der Waals surface area (Å²) in [5.74, 6) is -3.85. The Morgan fingerprint density at radius 1 is 1.33 bits per heavy atom. The molecular formula is C13H13F2NO4S. The van der Waals surface area contributed by atoms with Gasteiger partial charge in [0.2, 0.25) is 6.08 Å². The normalized spacial score (nSPS) is 17.5. The van der Waals surface area contributed by atoms with Crippen LogP contribution in [0.2, 0.25) is 0 Å². The highest BCUT2D eigenvalue weighted by Gasteiger charge is 2.40. The molecule has 0 amide bonds. The van der Waals surface area contributed by atoms with Gasteiger partial charge < -0.3 is 5.11 Å². The van der Waals surface area contributed by atoms with Gasteiger partial charge in [-0.2, -0.15) is 4.99 Å². The highest BCUT2D eigenvalue weighted by atomic mass is 32.2. The van der Waals surface area contributed by atoms with Gasteiger partial charge in [0, 0.05) is 11.8 Å². The predicted octanol–water partition coefficient (Wildman–Crippen LogP) is 2.18. The topological polar surface area (TPSA) is 83.8 Å². The van der Waals surface area contributed by atoms with E-state index < -0.39 is 37.7 Å². The van der Waals surface area contributed by atoms with Crippen LogP contribution in [0.1, 0.15) is 31.2 Å². The van der Waals surface area contributed by atoms with E-state index in [1.54, 1.807) is 0 Å². The van der Waals surface area contributed by atoms with Gasteiger partial charge in [-0.25, -0.2) is 22.0 Å². The van der Waals surface area contributed by atoms with Crippen LogP contribution in [0.15, 0.2) is 16.0 Å². The minimum Gasteiger partial charge on any atom is -0.505 e. The number of isocyanates is 1. The summed E-state index contributed by atoms with van der Waals surface area (Å²) < 4.78 is 50.8. The summed E-state index contributed by atoms with van der Waals surface area (Å²) in [5.41, 5.74) is -1.46. The number of aliphatic imine (C=N–C) groups is 1. The maximum absolute atomic E-state index is 14.1. The van der Waals surface area contributed by atoms with Crippen molar-refractivity contribution in [3.8, 4) is 5.75 Å². The average Bonchev–Trinajstić information content (AvgIpc) is 2.82. The van der Waals surface area contributed by atoms with Crippen LogP contribution in [0.5, 0.6) is 5.75 Å². The average molecular weight is 317 g/mol. The Morgan fingerprint density at radius 3 is 2.38 bits per heavy atom. The molecule has 0 aromatic heterocycles. The quantitative estimate of drug-likeness (QED) is 0.684. The molecule has 1 fully saturated rings. The summed E-state index contributed by atoms with van der Waals surface area (Å²) in [6.45, 7) is 0. The van der Waals surface area contributed by atoms with Crippen LogP contribution in [-0.2, 0) is 20.2 Å². The molecule has 0 heterocycles. The van der Waals surface area contributed by atoms with Crippen molar-refractivity contribution in [2.75, 3.05) is 6.26 Å². The van der Waals surface area contributed by atoms with E-state index in [1.165, 1.54) is 6.08 Å². The SMILES string of the molecule is CS(=O)(=O)c1c(F)cc(C2(N=C=O)CCCC2)c(O)c1F. The first-order valence-corrected chi connectivity index (χ1v) is 8.12. The van der Waals surface area contributed by atoms with Crippen LogP contribution in [0.3, 0.4) is 0 Å². The number of aromatic hydroxyl groups is 1. The van der Waals surface area contributed by atoms with E-state index in [2.05, 4.69) is 4.99 Å². The number of phenols is 1. The summed E-state index contributed by atoms with van der Waals surface area (Å²) >= 11 is 0. The largest absolute Gasteiger partial charge is 0.505 e. The van der Waals surface area contributed by atoms with Crippen molar-refractivity contribution in [1.29, 1.82) is 0 Å². The molecule has 0 saturated heterocycles. The lowest BCUT2D eigenvalue weighted by molar-refractivity contribution is 0.371. The number of phenolic OH excluding ortho intramolecular Hbond substituents is 1. The number of sulfone groups is 1. The van der Waals surface area contributed by atoms with E-state index in [0.29, 0.717) is 31.9 Å². The molecule has 1 aromatic carbocycles. The zero-order valence-electron chi connectivity index (χ0n) is 11.2. The minimum absolute atomic E-state index is 0.217. The predicted molar refractivity (Wildman–Crippen MR) is 69.4 cm³/mol. The standard InChI is InChI=1S/C13H13F2NO4S/c1-21(19,20)12-9(14)6-8(11(18)10(12)15)13(16-7-17)4-2-3-5-13/h6,18H,2-5H2,1H3. The van der Waals surface area contributed by atoms with E-state index in [9.17, 15) is 27.1 Å². The Balaban J connectivity index is 2.76. The number of rotatable bonds is 3. The third-order valence-electron chi connectivity index (χ3n) is 3.71.